The lowest BCUT2D eigenvalue weighted by atomic mass is 10.2. The number of hydrogen-bond acceptors (Lipinski definition) is 2. The van der Waals surface area contributed by atoms with Crippen LogP contribution in [0, 0.1) is 5.95 Å². The van der Waals surface area contributed by atoms with Crippen molar-refractivity contribution in [2.75, 3.05) is 6.54 Å². The van der Waals surface area contributed by atoms with Crippen molar-refractivity contribution in [2.24, 2.45) is 0 Å². The Morgan fingerprint density at radius 2 is 2.50 bits per heavy atom. The highest BCUT2D eigenvalue weighted by Crippen LogP contribution is 2.04. The van der Waals surface area contributed by atoms with Crippen LogP contribution < -0.4 is 5.32 Å². The summed E-state index contributed by atoms with van der Waals surface area (Å²) in [5.74, 6) is -0.618. The number of amides is 1. The molecule has 1 rings (SSSR count). The maximum atomic E-state index is 12.9. The highest BCUT2D eigenvalue weighted by atomic mass is 19.1. The Bertz CT molecular complexity index is 350. The van der Waals surface area contributed by atoms with Crippen LogP contribution >= 0.6 is 0 Å². The second-order valence-electron chi connectivity index (χ2n) is 2.72. The molecule has 1 N–H and O–H groups in total. The molecule has 3 nitrogen and oxygen atoms in total. The number of carbonyl (C=O) groups is 1. The molecule has 0 radical (unpaired) electrons. The predicted octanol–water partition coefficient (Wildman–Crippen LogP) is 1.37. The first-order valence-corrected chi connectivity index (χ1v) is 4.21. The van der Waals surface area contributed by atoms with E-state index < -0.39 is 5.95 Å². The number of pyridine rings is 1. The van der Waals surface area contributed by atoms with E-state index in [-0.39, 0.29) is 5.91 Å². The topological polar surface area (TPSA) is 42.0 Å². The number of hydrogen-bond donors (Lipinski definition) is 1. The standard InChI is InChI=1S/C10H11FN2O/c1-8(14)12-6-2-4-9-5-3-7-13-10(9)11/h2-5,7H,6H2,1H3,(H,12,14). The molecule has 0 fully saturated rings. The van der Waals surface area contributed by atoms with Crippen molar-refractivity contribution in [1.82, 2.24) is 10.3 Å². The first-order valence-electron chi connectivity index (χ1n) is 4.21. The van der Waals surface area contributed by atoms with E-state index in [1.165, 1.54) is 13.1 Å². The molecule has 0 aromatic carbocycles. The molecular formula is C10H11FN2O. The summed E-state index contributed by atoms with van der Waals surface area (Å²) in [6.07, 6.45) is 4.64. The summed E-state index contributed by atoms with van der Waals surface area (Å²) in [6, 6.07) is 3.27. The predicted molar refractivity (Wildman–Crippen MR) is 51.9 cm³/mol. The number of nitrogens with zero attached hydrogens (tertiary/aromatic N) is 1. The Balaban J connectivity index is 2.52. The Morgan fingerprint density at radius 3 is 3.14 bits per heavy atom. The number of rotatable bonds is 3. The van der Waals surface area contributed by atoms with Crippen LogP contribution in [0.25, 0.3) is 6.08 Å². The van der Waals surface area contributed by atoms with Gasteiger partial charge in [0.1, 0.15) is 0 Å². The summed E-state index contributed by atoms with van der Waals surface area (Å²) in [5, 5.41) is 2.57. The minimum atomic E-state index is -0.508. The van der Waals surface area contributed by atoms with Crippen LogP contribution in [-0.4, -0.2) is 17.4 Å². The third-order valence-corrected chi connectivity index (χ3v) is 1.55. The summed E-state index contributed by atoms with van der Waals surface area (Å²) in [5.41, 5.74) is 0.415. The van der Waals surface area contributed by atoms with Gasteiger partial charge in [-0.15, -0.1) is 0 Å². The van der Waals surface area contributed by atoms with E-state index in [0.29, 0.717) is 12.1 Å². The Hall–Kier alpha value is -1.71. The van der Waals surface area contributed by atoms with Crippen LogP contribution in [0.3, 0.4) is 0 Å². The van der Waals surface area contributed by atoms with Gasteiger partial charge in [-0.05, 0) is 12.1 Å². The molecule has 0 aliphatic carbocycles. The highest BCUT2D eigenvalue weighted by Gasteiger charge is 1.95. The van der Waals surface area contributed by atoms with Gasteiger partial charge < -0.3 is 5.32 Å². The van der Waals surface area contributed by atoms with Crippen LogP contribution in [0.5, 0.6) is 0 Å². The SMILES string of the molecule is CC(=O)NCC=Cc1cccnc1F. The average molecular weight is 194 g/mol. The molecule has 0 atom stereocenters. The Kier molecular flexibility index (Phi) is 3.79. The molecule has 1 aromatic rings. The van der Waals surface area contributed by atoms with Crippen molar-refractivity contribution < 1.29 is 9.18 Å². The van der Waals surface area contributed by atoms with E-state index in [9.17, 15) is 9.18 Å². The summed E-state index contributed by atoms with van der Waals surface area (Å²) in [7, 11) is 0. The minimum absolute atomic E-state index is 0.110. The lowest BCUT2D eigenvalue weighted by molar-refractivity contribution is -0.118. The zero-order valence-corrected chi connectivity index (χ0v) is 7.83. The maximum absolute atomic E-state index is 12.9. The zero-order valence-electron chi connectivity index (χ0n) is 7.83. The molecule has 0 spiro atoms. The smallest absolute Gasteiger partial charge is 0.220 e. The number of nitrogens with one attached hydrogen (secondary N) is 1. The molecule has 0 aliphatic rings. The Morgan fingerprint density at radius 1 is 1.71 bits per heavy atom. The van der Waals surface area contributed by atoms with E-state index in [1.54, 1.807) is 24.3 Å². The van der Waals surface area contributed by atoms with Crippen LogP contribution in [0.1, 0.15) is 12.5 Å². The quantitative estimate of drug-likeness (QED) is 0.738. The largest absolute Gasteiger partial charge is 0.353 e. The number of halogens is 1. The van der Waals surface area contributed by atoms with Gasteiger partial charge in [0.2, 0.25) is 11.9 Å². The summed E-state index contributed by atoms with van der Waals surface area (Å²) < 4.78 is 12.9. The number of carbonyl (C=O) groups excluding carboxylic acids is 1. The van der Waals surface area contributed by atoms with Crippen molar-refractivity contribution >= 4 is 12.0 Å². The summed E-state index contributed by atoms with van der Waals surface area (Å²) in [4.78, 5) is 14.0. The molecule has 1 aromatic heterocycles. The van der Waals surface area contributed by atoms with E-state index in [1.807, 2.05) is 0 Å². The maximum Gasteiger partial charge on any atom is 0.220 e. The fourth-order valence-corrected chi connectivity index (χ4v) is 0.911. The van der Waals surface area contributed by atoms with Crippen molar-refractivity contribution in [2.45, 2.75) is 6.92 Å². The first-order chi connectivity index (χ1) is 6.70. The van der Waals surface area contributed by atoms with Crippen molar-refractivity contribution in [3.63, 3.8) is 0 Å². The van der Waals surface area contributed by atoms with Crippen molar-refractivity contribution in [3.05, 3.63) is 35.9 Å². The van der Waals surface area contributed by atoms with E-state index in [0.717, 1.165) is 0 Å². The van der Waals surface area contributed by atoms with Gasteiger partial charge in [-0.2, -0.15) is 4.39 Å². The molecule has 74 valence electrons. The first kappa shape index (κ1) is 10.4. The summed E-state index contributed by atoms with van der Waals surface area (Å²) in [6.45, 7) is 1.82. The normalized spacial score (nSPS) is 10.4. The third-order valence-electron chi connectivity index (χ3n) is 1.55. The van der Waals surface area contributed by atoms with Gasteiger partial charge in [0.15, 0.2) is 0 Å². The molecule has 0 saturated carbocycles. The summed E-state index contributed by atoms with van der Waals surface area (Å²) >= 11 is 0. The second kappa shape index (κ2) is 5.11. The molecule has 1 amide bonds. The van der Waals surface area contributed by atoms with Crippen molar-refractivity contribution in [1.29, 1.82) is 0 Å². The second-order valence-corrected chi connectivity index (χ2v) is 2.72. The van der Waals surface area contributed by atoms with Gasteiger partial charge in [-0.3, -0.25) is 4.79 Å². The fourth-order valence-electron chi connectivity index (χ4n) is 0.911. The zero-order chi connectivity index (χ0) is 10.4. The van der Waals surface area contributed by atoms with Gasteiger partial charge in [-0.1, -0.05) is 12.2 Å². The van der Waals surface area contributed by atoms with Crippen LogP contribution in [0.15, 0.2) is 24.4 Å². The molecule has 0 saturated heterocycles. The lowest BCUT2D eigenvalue weighted by Gasteiger charge is -1.96. The van der Waals surface area contributed by atoms with Gasteiger partial charge >= 0.3 is 0 Å². The van der Waals surface area contributed by atoms with Gasteiger partial charge in [-0.25, -0.2) is 4.98 Å². The molecule has 0 aliphatic heterocycles. The lowest BCUT2D eigenvalue weighted by Crippen LogP contribution is -2.19. The molecular weight excluding hydrogens is 183 g/mol. The van der Waals surface area contributed by atoms with E-state index in [2.05, 4.69) is 10.3 Å². The fraction of sp³-hybridized carbons (Fsp3) is 0.200. The average Bonchev–Trinajstić information content (AvgIpc) is 2.15. The minimum Gasteiger partial charge on any atom is -0.353 e. The molecule has 14 heavy (non-hydrogen) atoms. The molecule has 1 heterocycles. The van der Waals surface area contributed by atoms with Crippen LogP contribution in [0.2, 0.25) is 0 Å². The van der Waals surface area contributed by atoms with E-state index in [4.69, 9.17) is 0 Å². The van der Waals surface area contributed by atoms with Crippen LogP contribution in [-0.2, 0) is 4.79 Å². The molecule has 4 heteroatoms. The Labute approximate surface area is 81.7 Å². The van der Waals surface area contributed by atoms with Gasteiger partial charge in [0.05, 0.1) is 0 Å². The monoisotopic (exact) mass is 194 g/mol. The van der Waals surface area contributed by atoms with Crippen molar-refractivity contribution in [3.8, 4) is 0 Å². The third kappa shape index (κ3) is 3.35. The molecule has 0 unspecified atom stereocenters. The van der Waals surface area contributed by atoms with Crippen LogP contribution in [0.4, 0.5) is 4.39 Å². The van der Waals surface area contributed by atoms with Gasteiger partial charge in [0.25, 0.3) is 0 Å². The number of aromatic nitrogens is 1. The molecule has 0 bridgehead atoms. The highest BCUT2D eigenvalue weighted by molar-refractivity contribution is 5.73. The van der Waals surface area contributed by atoms with Gasteiger partial charge in [0, 0.05) is 25.2 Å². The van der Waals surface area contributed by atoms with E-state index >= 15 is 0 Å².